The number of aliphatic imine (C=N–C) groups is 1. The third kappa shape index (κ3) is 10.2. The number of nitrogens with zero attached hydrogens (tertiary/aromatic N) is 3. The van der Waals surface area contributed by atoms with Gasteiger partial charge in [-0.1, -0.05) is 38.1 Å². The Morgan fingerprint density at radius 2 is 1.74 bits per heavy atom. The third-order valence-electron chi connectivity index (χ3n) is 5.50. The fraction of sp³-hybridized carbons (Fsp3) is 0.667. The normalized spacial score (nSPS) is 15.2. The predicted octanol–water partition coefficient (Wildman–Crippen LogP) is 2.09. The zero-order chi connectivity index (χ0) is 22.5. The van der Waals surface area contributed by atoms with Crippen molar-refractivity contribution >= 4 is 11.9 Å². The molecule has 1 aromatic carbocycles. The first-order chi connectivity index (χ1) is 15.0. The van der Waals surface area contributed by atoms with E-state index in [-0.39, 0.29) is 12.5 Å². The van der Waals surface area contributed by atoms with Crippen LogP contribution in [0.5, 0.6) is 0 Å². The number of carbonyl (C=O) groups is 1. The molecule has 7 heteroatoms. The summed E-state index contributed by atoms with van der Waals surface area (Å²) in [5, 5.41) is 6.77. The van der Waals surface area contributed by atoms with E-state index in [1.807, 2.05) is 0 Å². The summed E-state index contributed by atoms with van der Waals surface area (Å²) in [6, 6.07) is 8.90. The Labute approximate surface area is 188 Å². The van der Waals surface area contributed by atoms with Gasteiger partial charge in [-0.3, -0.25) is 9.69 Å². The Morgan fingerprint density at radius 1 is 1.10 bits per heavy atom. The number of likely N-dealkylation sites (N-methyl/N-ethyl adjacent to an activating group) is 1. The summed E-state index contributed by atoms with van der Waals surface area (Å²) in [6.07, 6.45) is 3.06. The molecule has 1 aliphatic heterocycles. The van der Waals surface area contributed by atoms with Crippen molar-refractivity contribution in [3.05, 3.63) is 35.4 Å². The summed E-state index contributed by atoms with van der Waals surface area (Å²) >= 11 is 0. The van der Waals surface area contributed by atoms with Gasteiger partial charge >= 0.3 is 0 Å². The summed E-state index contributed by atoms with van der Waals surface area (Å²) in [5.41, 5.74) is 2.73. The summed E-state index contributed by atoms with van der Waals surface area (Å²) in [4.78, 5) is 20.4. The lowest BCUT2D eigenvalue weighted by molar-refractivity contribution is -0.127. The quantitative estimate of drug-likeness (QED) is 0.319. The van der Waals surface area contributed by atoms with Gasteiger partial charge < -0.3 is 20.3 Å². The number of hydrogen-bond donors (Lipinski definition) is 2. The molecule has 0 unspecified atom stereocenters. The number of amides is 1. The molecule has 174 valence electrons. The van der Waals surface area contributed by atoms with E-state index in [1.165, 1.54) is 11.1 Å². The Morgan fingerprint density at radius 3 is 2.35 bits per heavy atom. The summed E-state index contributed by atoms with van der Waals surface area (Å²) in [7, 11) is 3.51. The highest BCUT2D eigenvalue weighted by atomic mass is 16.5. The summed E-state index contributed by atoms with van der Waals surface area (Å²) in [5.74, 6) is 1.28. The number of rotatable bonds is 11. The average molecular weight is 432 g/mol. The van der Waals surface area contributed by atoms with Crippen molar-refractivity contribution in [1.82, 2.24) is 20.4 Å². The number of hydrogen-bond acceptors (Lipinski definition) is 4. The van der Waals surface area contributed by atoms with E-state index in [4.69, 9.17) is 4.74 Å². The minimum atomic E-state index is -0.000316. The fourth-order valence-corrected chi connectivity index (χ4v) is 3.37. The molecule has 1 aliphatic rings. The van der Waals surface area contributed by atoms with Crippen LogP contribution >= 0.6 is 0 Å². The molecular formula is C24H41N5O2. The lowest BCUT2D eigenvalue weighted by Gasteiger charge is -2.26. The van der Waals surface area contributed by atoms with Crippen molar-refractivity contribution in [1.29, 1.82) is 0 Å². The zero-order valence-electron chi connectivity index (χ0n) is 19.8. The lowest BCUT2D eigenvalue weighted by atomic mass is 10.0. The van der Waals surface area contributed by atoms with E-state index in [0.29, 0.717) is 11.9 Å². The summed E-state index contributed by atoms with van der Waals surface area (Å²) < 4.78 is 5.40. The van der Waals surface area contributed by atoms with Crippen LogP contribution in [0.2, 0.25) is 0 Å². The first-order valence-electron chi connectivity index (χ1n) is 11.6. The SMILES string of the molecule is CC(C)c1ccc(CCCNC(=NCC(=O)N(C)C)NCCCN2CCOCC2)cc1. The Balaban J connectivity index is 1.74. The van der Waals surface area contributed by atoms with Crippen LogP contribution in [0.25, 0.3) is 0 Å². The van der Waals surface area contributed by atoms with E-state index in [1.54, 1.807) is 19.0 Å². The third-order valence-corrected chi connectivity index (χ3v) is 5.50. The molecule has 31 heavy (non-hydrogen) atoms. The van der Waals surface area contributed by atoms with Crippen molar-refractivity contribution in [3.63, 3.8) is 0 Å². The Kier molecular flexibility index (Phi) is 11.4. The number of ether oxygens (including phenoxy) is 1. The minimum absolute atomic E-state index is 0.000316. The first kappa shape index (κ1) is 25.1. The maximum Gasteiger partial charge on any atom is 0.243 e. The van der Waals surface area contributed by atoms with Crippen molar-refractivity contribution in [3.8, 4) is 0 Å². The highest BCUT2D eigenvalue weighted by molar-refractivity contribution is 5.84. The van der Waals surface area contributed by atoms with E-state index in [0.717, 1.165) is 65.2 Å². The van der Waals surface area contributed by atoms with Crippen LogP contribution in [0.1, 0.15) is 43.7 Å². The number of nitrogens with one attached hydrogen (secondary N) is 2. The van der Waals surface area contributed by atoms with E-state index in [2.05, 4.69) is 58.6 Å². The van der Waals surface area contributed by atoms with Gasteiger partial charge in [0.15, 0.2) is 5.96 Å². The molecule has 2 rings (SSSR count). The molecule has 0 atom stereocenters. The molecule has 1 saturated heterocycles. The molecule has 0 radical (unpaired) electrons. The Hall–Kier alpha value is -2.12. The number of guanidine groups is 1. The van der Waals surface area contributed by atoms with Crippen molar-refractivity contribution in [2.75, 3.05) is 66.6 Å². The molecule has 1 amide bonds. The standard InChI is InChI=1S/C24H41N5O2/c1-20(2)22-10-8-21(9-11-22)7-5-12-25-24(27-19-23(30)28(3)4)26-13-6-14-29-15-17-31-18-16-29/h8-11,20H,5-7,12-19H2,1-4H3,(H2,25,26,27). The Bertz CT molecular complexity index is 667. The number of carbonyl (C=O) groups excluding carboxylic acids is 1. The molecule has 2 N–H and O–H groups in total. The molecule has 1 aromatic rings. The van der Waals surface area contributed by atoms with Gasteiger partial charge in [0.05, 0.1) is 13.2 Å². The molecule has 1 heterocycles. The van der Waals surface area contributed by atoms with Gasteiger partial charge in [0, 0.05) is 40.3 Å². The van der Waals surface area contributed by atoms with Crippen LogP contribution in [-0.2, 0) is 16.0 Å². The molecular weight excluding hydrogens is 390 g/mol. The molecule has 0 bridgehead atoms. The van der Waals surface area contributed by atoms with E-state index < -0.39 is 0 Å². The highest BCUT2D eigenvalue weighted by Crippen LogP contribution is 2.15. The minimum Gasteiger partial charge on any atom is -0.379 e. The van der Waals surface area contributed by atoms with Crippen molar-refractivity contribution in [2.45, 2.75) is 39.0 Å². The summed E-state index contributed by atoms with van der Waals surface area (Å²) in [6.45, 7) is 11.0. The van der Waals surface area contributed by atoms with Crippen LogP contribution < -0.4 is 10.6 Å². The van der Waals surface area contributed by atoms with Crippen LogP contribution in [0, 0.1) is 0 Å². The predicted molar refractivity (Wildman–Crippen MR) is 128 cm³/mol. The van der Waals surface area contributed by atoms with Gasteiger partial charge in [0.25, 0.3) is 0 Å². The van der Waals surface area contributed by atoms with Crippen LogP contribution in [-0.4, -0.2) is 88.2 Å². The maximum absolute atomic E-state index is 11.9. The molecule has 0 aliphatic carbocycles. The largest absolute Gasteiger partial charge is 0.379 e. The molecule has 0 aromatic heterocycles. The van der Waals surface area contributed by atoms with Crippen LogP contribution in [0.15, 0.2) is 29.3 Å². The van der Waals surface area contributed by atoms with E-state index in [9.17, 15) is 4.79 Å². The number of aryl methyl sites for hydroxylation is 1. The van der Waals surface area contributed by atoms with Gasteiger partial charge in [-0.2, -0.15) is 0 Å². The number of morpholine rings is 1. The number of benzene rings is 1. The molecule has 0 saturated carbocycles. The van der Waals surface area contributed by atoms with Gasteiger partial charge in [-0.25, -0.2) is 4.99 Å². The van der Waals surface area contributed by atoms with Gasteiger partial charge in [-0.05, 0) is 42.9 Å². The van der Waals surface area contributed by atoms with Crippen LogP contribution in [0.3, 0.4) is 0 Å². The molecule has 0 spiro atoms. The maximum atomic E-state index is 11.9. The fourth-order valence-electron chi connectivity index (χ4n) is 3.37. The van der Waals surface area contributed by atoms with Crippen LogP contribution in [0.4, 0.5) is 0 Å². The van der Waals surface area contributed by atoms with E-state index >= 15 is 0 Å². The van der Waals surface area contributed by atoms with Crippen molar-refractivity contribution in [2.24, 2.45) is 4.99 Å². The highest BCUT2D eigenvalue weighted by Gasteiger charge is 2.10. The first-order valence-corrected chi connectivity index (χ1v) is 11.6. The lowest BCUT2D eigenvalue weighted by Crippen LogP contribution is -2.41. The second-order valence-corrected chi connectivity index (χ2v) is 8.61. The second kappa shape index (κ2) is 14.0. The monoisotopic (exact) mass is 431 g/mol. The van der Waals surface area contributed by atoms with Crippen molar-refractivity contribution < 1.29 is 9.53 Å². The van der Waals surface area contributed by atoms with Gasteiger partial charge in [0.1, 0.15) is 6.54 Å². The topological polar surface area (TPSA) is 69.2 Å². The smallest absolute Gasteiger partial charge is 0.243 e. The molecule has 1 fully saturated rings. The second-order valence-electron chi connectivity index (χ2n) is 8.61. The zero-order valence-corrected chi connectivity index (χ0v) is 19.8. The van der Waals surface area contributed by atoms with Gasteiger partial charge in [0.2, 0.25) is 5.91 Å². The average Bonchev–Trinajstić information content (AvgIpc) is 2.77. The van der Waals surface area contributed by atoms with Gasteiger partial charge in [-0.15, -0.1) is 0 Å². The molecule has 7 nitrogen and oxygen atoms in total.